The molecule has 9 nitrogen and oxygen atoms in total. The highest BCUT2D eigenvalue weighted by molar-refractivity contribution is 5.91. The number of hydrogen-bond acceptors (Lipinski definition) is 7. The van der Waals surface area contributed by atoms with Crippen LogP contribution in [-0.2, 0) is 34.8 Å². The molecule has 10 heteroatoms. The molecular formula is C27H22ClN3O6. The predicted molar refractivity (Wildman–Crippen MR) is 126 cm³/mol. The van der Waals surface area contributed by atoms with Gasteiger partial charge in [0.2, 0.25) is 6.79 Å². The molecular weight excluding hydrogens is 498 g/mol. The Balaban J connectivity index is 0.00000252. The lowest BCUT2D eigenvalue weighted by Crippen LogP contribution is -3.00. The van der Waals surface area contributed by atoms with E-state index >= 15 is 0 Å². The summed E-state index contributed by atoms with van der Waals surface area (Å²) < 4.78 is 20.1. The maximum absolute atomic E-state index is 13.6. The standard InChI is InChI=1S/C27H22N3O6.ClH/c1-2-27(33)19-9-21-24-17(12-30(21)25(31)18(19)13-34-26(27)32)16(11-29-6-4-3-5-7-29)15-8-22-23(36-14-35-22)10-20(15)28-24;/h3-10,33H,2,11-14H2,1H3;1H/q+1;/p-1/t27-;/m0./s1. The van der Waals surface area contributed by atoms with Gasteiger partial charge in [0.1, 0.15) is 6.61 Å². The van der Waals surface area contributed by atoms with Crippen LogP contribution in [-0.4, -0.2) is 27.4 Å². The highest BCUT2D eigenvalue weighted by Crippen LogP contribution is 2.43. The summed E-state index contributed by atoms with van der Waals surface area (Å²) in [6.07, 6.45) is 4.07. The SMILES string of the molecule is CC[C@@]1(O)C(=O)OCc2c1cc1n(c2=O)Cc2c-1nc1cc3c(cc1c2C[n+]1ccccc1)OCO3.[Cl-]. The van der Waals surface area contributed by atoms with Gasteiger partial charge in [0.25, 0.3) is 5.56 Å². The number of rotatable bonds is 3. The molecule has 1 atom stereocenters. The molecule has 0 unspecified atom stereocenters. The number of hydrogen-bond donors (Lipinski definition) is 1. The molecule has 1 N–H and O–H groups in total. The lowest BCUT2D eigenvalue weighted by atomic mass is 9.86. The first-order valence-electron chi connectivity index (χ1n) is 11.8. The number of cyclic esters (lactones) is 1. The maximum atomic E-state index is 13.6. The lowest BCUT2D eigenvalue weighted by Gasteiger charge is -2.31. The largest absolute Gasteiger partial charge is 1.00 e. The third-order valence-corrected chi connectivity index (χ3v) is 7.42. The molecule has 0 amide bonds. The number of benzene rings is 1. The molecule has 6 heterocycles. The minimum atomic E-state index is -1.86. The molecule has 3 aliphatic rings. The van der Waals surface area contributed by atoms with E-state index in [1.54, 1.807) is 17.6 Å². The second-order valence-electron chi connectivity index (χ2n) is 9.29. The number of esters is 1. The lowest BCUT2D eigenvalue weighted by molar-refractivity contribution is -0.688. The maximum Gasteiger partial charge on any atom is 0.343 e. The van der Waals surface area contributed by atoms with Crippen molar-refractivity contribution in [2.75, 3.05) is 6.79 Å². The van der Waals surface area contributed by atoms with Gasteiger partial charge in [-0.15, -0.1) is 0 Å². The molecule has 0 saturated heterocycles. The van der Waals surface area contributed by atoms with Gasteiger partial charge in [0.05, 0.1) is 29.0 Å². The molecule has 0 aliphatic carbocycles. The minimum absolute atomic E-state index is 0. The highest BCUT2D eigenvalue weighted by atomic mass is 35.5. The summed E-state index contributed by atoms with van der Waals surface area (Å²) >= 11 is 0. The first kappa shape index (κ1) is 23.4. The zero-order valence-electron chi connectivity index (χ0n) is 19.9. The van der Waals surface area contributed by atoms with Gasteiger partial charge in [0, 0.05) is 40.3 Å². The molecule has 0 spiro atoms. The van der Waals surface area contributed by atoms with Gasteiger partial charge in [-0.05, 0) is 18.6 Å². The second-order valence-corrected chi connectivity index (χ2v) is 9.29. The summed E-state index contributed by atoms with van der Waals surface area (Å²) in [5.41, 5.74) is 2.35. The number of aromatic nitrogens is 3. The Labute approximate surface area is 217 Å². The molecule has 0 radical (unpaired) electrons. The van der Waals surface area contributed by atoms with Crippen molar-refractivity contribution in [2.45, 2.75) is 38.6 Å². The summed E-state index contributed by atoms with van der Waals surface area (Å²) in [6.45, 7) is 2.58. The van der Waals surface area contributed by atoms with Crippen molar-refractivity contribution in [3.05, 3.63) is 81.4 Å². The third kappa shape index (κ3) is 3.27. The fraction of sp³-hybridized carbons (Fsp3) is 0.259. The predicted octanol–water partition coefficient (Wildman–Crippen LogP) is -0.852. The van der Waals surface area contributed by atoms with Crippen LogP contribution in [0.15, 0.2) is 53.6 Å². The van der Waals surface area contributed by atoms with Gasteiger partial charge in [-0.2, -0.15) is 0 Å². The Morgan fingerprint density at radius 1 is 1.05 bits per heavy atom. The van der Waals surface area contributed by atoms with Crippen molar-refractivity contribution in [1.29, 1.82) is 0 Å². The molecule has 0 saturated carbocycles. The number of carbonyl (C=O) groups excluding carboxylic acids is 1. The number of ether oxygens (including phenoxy) is 3. The van der Waals surface area contributed by atoms with Crippen molar-refractivity contribution >= 4 is 16.9 Å². The van der Waals surface area contributed by atoms with E-state index in [4.69, 9.17) is 19.2 Å². The number of aliphatic hydroxyl groups is 1. The van der Waals surface area contributed by atoms with Gasteiger partial charge in [0.15, 0.2) is 36.0 Å². The number of nitrogens with zero attached hydrogens (tertiary/aromatic N) is 3. The average molecular weight is 520 g/mol. The van der Waals surface area contributed by atoms with Crippen molar-refractivity contribution in [1.82, 2.24) is 9.55 Å². The summed E-state index contributed by atoms with van der Waals surface area (Å²) in [6, 6.07) is 11.4. The fourth-order valence-corrected chi connectivity index (χ4v) is 5.45. The van der Waals surface area contributed by atoms with Crippen molar-refractivity contribution in [2.24, 2.45) is 0 Å². The van der Waals surface area contributed by atoms with E-state index in [0.29, 0.717) is 52.6 Å². The van der Waals surface area contributed by atoms with E-state index < -0.39 is 11.6 Å². The van der Waals surface area contributed by atoms with Gasteiger partial charge >= 0.3 is 5.97 Å². The van der Waals surface area contributed by atoms with Crippen molar-refractivity contribution < 1.29 is 41.1 Å². The number of halogens is 1. The monoisotopic (exact) mass is 519 g/mol. The minimum Gasteiger partial charge on any atom is -1.00 e. The molecule has 37 heavy (non-hydrogen) atoms. The number of fused-ring (bicyclic) bond motifs is 6. The Morgan fingerprint density at radius 3 is 2.57 bits per heavy atom. The van der Waals surface area contributed by atoms with Crippen molar-refractivity contribution in [3.63, 3.8) is 0 Å². The Morgan fingerprint density at radius 2 is 1.81 bits per heavy atom. The van der Waals surface area contributed by atoms with E-state index in [0.717, 1.165) is 16.5 Å². The molecule has 3 aromatic heterocycles. The normalized spacial score (nSPS) is 18.6. The Bertz CT molecular complexity index is 1670. The first-order chi connectivity index (χ1) is 17.5. The number of carbonyl (C=O) groups is 1. The molecule has 1 aromatic carbocycles. The summed E-state index contributed by atoms with van der Waals surface area (Å²) in [7, 11) is 0. The van der Waals surface area contributed by atoms with E-state index in [1.165, 1.54) is 0 Å². The van der Waals surface area contributed by atoms with Crippen LogP contribution in [0.25, 0.3) is 22.3 Å². The van der Waals surface area contributed by atoms with Crippen LogP contribution in [0.2, 0.25) is 0 Å². The average Bonchev–Trinajstić information content (AvgIpc) is 3.50. The third-order valence-electron chi connectivity index (χ3n) is 7.42. The summed E-state index contributed by atoms with van der Waals surface area (Å²) in [4.78, 5) is 31.0. The topological polar surface area (TPSA) is 104 Å². The van der Waals surface area contributed by atoms with Crippen LogP contribution in [0.3, 0.4) is 0 Å². The van der Waals surface area contributed by atoms with E-state index in [2.05, 4.69) is 4.57 Å². The highest BCUT2D eigenvalue weighted by Gasteiger charge is 2.45. The summed E-state index contributed by atoms with van der Waals surface area (Å²) in [5, 5.41) is 12.1. The van der Waals surface area contributed by atoms with Gasteiger partial charge in [-0.25, -0.2) is 14.3 Å². The van der Waals surface area contributed by atoms with Gasteiger partial charge in [-0.3, -0.25) is 4.79 Å². The molecule has 3 aliphatic heterocycles. The molecule has 0 bridgehead atoms. The van der Waals surface area contributed by atoms with Gasteiger partial charge < -0.3 is 36.3 Å². The zero-order chi connectivity index (χ0) is 24.6. The van der Waals surface area contributed by atoms with Crippen LogP contribution < -0.4 is 32.0 Å². The number of pyridine rings is 3. The molecule has 0 fully saturated rings. The van der Waals surface area contributed by atoms with Crippen molar-refractivity contribution in [3.8, 4) is 22.9 Å². The molecule has 7 rings (SSSR count). The van der Waals surface area contributed by atoms with Crippen LogP contribution in [0.5, 0.6) is 11.5 Å². The fourth-order valence-electron chi connectivity index (χ4n) is 5.45. The van der Waals surface area contributed by atoms with E-state index in [-0.39, 0.29) is 37.8 Å². The quantitative estimate of drug-likeness (QED) is 0.245. The van der Waals surface area contributed by atoms with E-state index in [1.807, 2.05) is 42.7 Å². The van der Waals surface area contributed by atoms with Crippen LogP contribution in [0.1, 0.15) is 35.6 Å². The zero-order valence-corrected chi connectivity index (χ0v) is 20.6. The molecule has 188 valence electrons. The smallest absolute Gasteiger partial charge is 0.343 e. The van der Waals surface area contributed by atoms with Crippen LogP contribution in [0, 0.1) is 0 Å². The first-order valence-corrected chi connectivity index (χ1v) is 11.8. The molecule has 4 aromatic rings. The van der Waals surface area contributed by atoms with Crippen LogP contribution >= 0.6 is 0 Å². The summed E-state index contributed by atoms with van der Waals surface area (Å²) in [5.74, 6) is 0.549. The van der Waals surface area contributed by atoms with E-state index in [9.17, 15) is 14.7 Å². The van der Waals surface area contributed by atoms with Gasteiger partial charge in [-0.1, -0.05) is 13.0 Å². The second kappa shape index (κ2) is 8.29. The Kier molecular flexibility index (Phi) is 5.25. The Hall–Kier alpha value is -3.95. The van der Waals surface area contributed by atoms with Crippen LogP contribution in [0.4, 0.5) is 0 Å².